The van der Waals surface area contributed by atoms with Crippen LogP contribution in [0.3, 0.4) is 0 Å². The minimum atomic E-state index is -0.568. The Morgan fingerprint density at radius 3 is 2.77 bits per heavy atom. The average Bonchev–Trinajstić information content (AvgIpc) is 3.09. The lowest BCUT2D eigenvalue weighted by atomic mass is 10.2. The maximum Gasteiger partial charge on any atom is 0.275 e. The van der Waals surface area contributed by atoms with Gasteiger partial charge in [0.05, 0.1) is 13.2 Å². The van der Waals surface area contributed by atoms with Crippen LogP contribution in [-0.4, -0.2) is 24.6 Å². The van der Waals surface area contributed by atoms with Crippen LogP contribution in [0, 0.1) is 5.95 Å². The normalized spacial score (nSPS) is 11.1. The van der Waals surface area contributed by atoms with Gasteiger partial charge in [-0.05, 0) is 6.07 Å². The second kappa shape index (κ2) is 6.85. The summed E-state index contributed by atoms with van der Waals surface area (Å²) in [5.41, 5.74) is 1.37. The number of ether oxygens (including phenoxy) is 1. The van der Waals surface area contributed by atoms with Crippen molar-refractivity contribution in [2.24, 2.45) is 0 Å². The van der Waals surface area contributed by atoms with Gasteiger partial charge in [0, 0.05) is 29.1 Å². The summed E-state index contributed by atoms with van der Waals surface area (Å²) in [6.45, 7) is 0.155. The van der Waals surface area contributed by atoms with Gasteiger partial charge in [0.2, 0.25) is 11.7 Å². The Bertz CT molecular complexity index is 1110. The van der Waals surface area contributed by atoms with Gasteiger partial charge in [-0.3, -0.25) is 4.79 Å². The van der Waals surface area contributed by atoms with E-state index < -0.39 is 5.95 Å². The third kappa shape index (κ3) is 3.22. The smallest absolute Gasteiger partial charge is 0.275 e. The predicted octanol–water partition coefficient (Wildman–Crippen LogP) is 2.34. The summed E-state index contributed by atoms with van der Waals surface area (Å²) in [5, 5.41) is 4.23. The number of H-pyrrole nitrogens is 1. The van der Waals surface area contributed by atoms with Crippen molar-refractivity contribution >= 4 is 5.78 Å². The zero-order valence-corrected chi connectivity index (χ0v) is 13.6. The number of nitrogens with zero attached hydrogens (tertiary/aromatic N) is 4. The van der Waals surface area contributed by atoms with Gasteiger partial charge >= 0.3 is 0 Å². The molecule has 4 rings (SSSR count). The first kappa shape index (κ1) is 16.1. The summed E-state index contributed by atoms with van der Waals surface area (Å²) < 4.78 is 20.2. The first-order valence-corrected chi connectivity index (χ1v) is 7.92. The highest BCUT2D eigenvalue weighted by Gasteiger charge is 2.10. The molecule has 3 aromatic heterocycles. The van der Waals surface area contributed by atoms with E-state index in [9.17, 15) is 9.18 Å². The van der Waals surface area contributed by atoms with Crippen molar-refractivity contribution in [2.45, 2.75) is 13.2 Å². The molecule has 0 bridgehead atoms. The average molecular weight is 351 g/mol. The van der Waals surface area contributed by atoms with Crippen LogP contribution in [0.1, 0.15) is 11.3 Å². The summed E-state index contributed by atoms with van der Waals surface area (Å²) in [4.78, 5) is 23.2. The minimum Gasteiger partial charge on any atom is -0.370 e. The molecule has 0 unspecified atom stereocenters. The molecule has 3 heterocycles. The number of hydrogen-bond donors (Lipinski definition) is 1. The summed E-state index contributed by atoms with van der Waals surface area (Å²) in [7, 11) is 0. The molecular weight excluding hydrogens is 337 g/mol. The Labute approximate surface area is 147 Å². The molecule has 0 fully saturated rings. The summed E-state index contributed by atoms with van der Waals surface area (Å²) in [6, 6.07) is 14.0. The van der Waals surface area contributed by atoms with Gasteiger partial charge in [0.25, 0.3) is 5.56 Å². The number of nitrogens with one attached hydrogen (secondary N) is 1. The summed E-state index contributed by atoms with van der Waals surface area (Å²) in [5.74, 6) is 0.207. The van der Waals surface area contributed by atoms with E-state index in [1.165, 1.54) is 16.8 Å². The largest absolute Gasteiger partial charge is 0.370 e. The highest BCUT2D eigenvalue weighted by atomic mass is 19.1. The first-order valence-electron chi connectivity index (χ1n) is 7.92. The molecule has 0 aliphatic heterocycles. The number of hydrogen-bond acceptors (Lipinski definition) is 5. The SMILES string of the molecule is O=c1cc(COCc2cccnc2F)[nH]c2nc(-c3ccccc3)nn12. The van der Waals surface area contributed by atoms with E-state index in [4.69, 9.17) is 4.74 Å². The Morgan fingerprint density at radius 2 is 1.96 bits per heavy atom. The summed E-state index contributed by atoms with van der Waals surface area (Å²) in [6.07, 6.45) is 1.37. The molecule has 7 nitrogen and oxygen atoms in total. The van der Waals surface area contributed by atoms with E-state index in [1.54, 1.807) is 12.1 Å². The maximum atomic E-state index is 13.5. The number of pyridine rings is 1. The molecule has 0 saturated carbocycles. The second-order valence-electron chi connectivity index (χ2n) is 5.62. The van der Waals surface area contributed by atoms with Crippen LogP contribution < -0.4 is 5.56 Å². The van der Waals surface area contributed by atoms with Gasteiger partial charge in [-0.25, -0.2) is 4.98 Å². The van der Waals surface area contributed by atoms with Crippen molar-refractivity contribution in [1.82, 2.24) is 24.6 Å². The van der Waals surface area contributed by atoms with Gasteiger partial charge in [-0.1, -0.05) is 36.4 Å². The van der Waals surface area contributed by atoms with E-state index in [0.29, 0.717) is 22.9 Å². The molecule has 0 radical (unpaired) electrons. The van der Waals surface area contributed by atoms with Crippen molar-refractivity contribution in [3.05, 3.63) is 82.3 Å². The zero-order chi connectivity index (χ0) is 17.9. The lowest BCUT2D eigenvalue weighted by Crippen LogP contribution is -2.16. The molecule has 0 aliphatic rings. The van der Waals surface area contributed by atoms with Gasteiger partial charge in [0.15, 0.2) is 5.82 Å². The molecular formula is C18H14FN5O2. The van der Waals surface area contributed by atoms with Crippen LogP contribution in [-0.2, 0) is 18.0 Å². The predicted molar refractivity (Wildman–Crippen MR) is 91.7 cm³/mol. The monoisotopic (exact) mass is 351 g/mol. The number of halogens is 1. The third-order valence-electron chi connectivity index (χ3n) is 3.77. The number of benzene rings is 1. The minimum absolute atomic E-state index is 0.0504. The second-order valence-corrected chi connectivity index (χ2v) is 5.62. The van der Waals surface area contributed by atoms with Crippen LogP contribution in [0.25, 0.3) is 17.2 Å². The topological polar surface area (TPSA) is 85.2 Å². The lowest BCUT2D eigenvalue weighted by molar-refractivity contribution is 0.102. The van der Waals surface area contributed by atoms with Crippen LogP contribution in [0.4, 0.5) is 4.39 Å². The fraction of sp³-hybridized carbons (Fsp3) is 0.111. The molecule has 130 valence electrons. The Hall–Kier alpha value is -3.39. The van der Waals surface area contributed by atoms with Crippen LogP contribution in [0.2, 0.25) is 0 Å². The Morgan fingerprint density at radius 1 is 1.12 bits per heavy atom. The highest BCUT2D eigenvalue weighted by molar-refractivity contribution is 5.56. The number of aromatic nitrogens is 5. The highest BCUT2D eigenvalue weighted by Crippen LogP contribution is 2.14. The van der Waals surface area contributed by atoms with Gasteiger partial charge in [0.1, 0.15) is 0 Å². The maximum absolute atomic E-state index is 13.5. The van der Waals surface area contributed by atoms with Crippen molar-refractivity contribution < 1.29 is 9.13 Å². The van der Waals surface area contributed by atoms with Crippen LogP contribution >= 0.6 is 0 Å². The Balaban J connectivity index is 1.55. The van der Waals surface area contributed by atoms with E-state index in [2.05, 4.69) is 20.1 Å². The first-order chi connectivity index (χ1) is 12.7. The van der Waals surface area contributed by atoms with Crippen LogP contribution in [0.15, 0.2) is 59.5 Å². The van der Waals surface area contributed by atoms with Crippen molar-refractivity contribution in [1.29, 1.82) is 0 Å². The van der Waals surface area contributed by atoms with Gasteiger partial charge in [-0.2, -0.15) is 13.9 Å². The molecule has 1 N–H and O–H groups in total. The molecule has 0 spiro atoms. The summed E-state index contributed by atoms with van der Waals surface area (Å²) >= 11 is 0. The fourth-order valence-electron chi connectivity index (χ4n) is 2.52. The molecule has 1 aromatic carbocycles. The third-order valence-corrected chi connectivity index (χ3v) is 3.77. The van der Waals surface area contributed by atoms with E-state index in [1.807, 2.05) is 30.3 Å². The molecule has 4 aromatic rings. The quantitative estimate of drug-likeness (QED) is 0.558. The molecule has 0 aliphatic carbocycles. The zero-order valence-electron chi connectivity index (χ0n) is 13.6. The van der Waals surface area contributed by atoms with Crippen molar-refractivity contribution in [3.63, 3.8) is 0 Å². The number of rotatable bonds is 5. The molecule has 0 amide bonds. The molecule has 0 atom stereocenters. The molecule has 8 heteroatoms. The molecule has 26 heavy (non-hydrogen) atoms. The van der Waals surface area contributed by atoms with E-state index in [-0.39, 0.29) is 18.8 Å². The van der Waals surface area contributed by atoms with E-state index in [0.717, 1.165) is 5.56 Å². The van der Waals surface area contributed by atoms with Crippen molar-refractivity contribution in [2.75, 3.05) is 0 Å². The number of aromatic amines is 1. The van der Waals surface area contributed by atoms with Gasteiger partial charge < -0.3 is 9.72 Å². The lowest BCUT2D eigenvalue weighted by Gasteiger charge is -2.05. The Kier molecular flexibility index (Phi) is 4.24. The standard InChI is InChI=1S/C18H14FN5O2/c19-16-13(7-4-8-20-16)10-26-11-14-9-15(25)24-18(21-14)22-17(23-24)12-5-2-1-3-6-12/h1-9H,10-11H2,(H,21,22,23). The fourth-order valence-corrected chi connectivity index (χ4v) is 2.52. The van der Waals surface area contributed by atoms with E-state index >= 15 is 0 Å². The van der Waals surface area contributed by atoms with Gasteiger partial charge in [-0.15, -0.1) is 5.10 Å². The molecule has 0 saturated heterocycles. The van der Waals surface area contributed by atoms with Crippen molar-refractivity contribution in [3.8, 4) is 11.4 Å². The number of fused-ring (bicyclic) bond motifs is 1. The van der Waals surface area contributed by atoms with Crippen LogP contribution in [0.5, 0.6) is 0 Å².